The van der Waals surface area contributed by atoms with Crippen molar-refractivity contribution in [2.24, 2.45) is 0 Å². The Labute approximate surface area is 134 Å². The van der Waals surface area contributed by atoms with Gasteiger partial charge in [-0.25, -0.2) is 18.4 Å². The molecule has 2 aromatic heterocycles. The van der Waals surface area contributed by atoms with Crippen molar-refractivity contribution in [1.82, 2.24) is 9.97 Å². The Morgan fingerprint density at radius 1 is 1.33 bits per heavy atom. The van der Waals surface area contributed by atoms with Crippen LogP contribution in [0.25, 0.3) is 21.3 Å². The largest absolute Gasteiger partial charge is 0.284 e. The van der Waals surface area contributed by atoms with Crippen LogP contribution in [-0.4, -0.2) is 24.6 Å². The van der Waals surface area contributed by atoms with Crippen molar-refractivity contribution in [3.63, 3.8) is 0 Å². The van der Waals surface area contributed by atoms with Crippen LogP contribution in [0.1, 0.15) is 0 Å². The number of fused-ring (bicyclic) bond motifs is 1. The monoisotopic (exact) mass is 383 g/mol. The first-order valence-corrected chi connectivity index (χ1v) is 9.47. The Hall–Kier alpha value is -1.51. The molecular formula is C13H10BrN3O2S2. The smallest absolute Gasteiger partial charge is 0.229 e. The predicted molar refractivity (Wildman–Crippen MR) is 89.0 cm³/mol. The van der Waals surface area contributed by atoms with Crippen LogP contribution in [0.5, 0.6) is 0 Å². The highest BCUT2D eigenvalue weighted by Crippen LogP contribution is 2.33. The molecule has 0 aliphatic carbocycles. The van der Waals surface area contributed by atoms with Gasteiger partial charge < -0.3 is 0 Å². The number of aromatic nitrogens is 2. The van der Waals surface area contributed by atoms with Gasteiger partial charge in [0.2, 0.25) is 10.0 Å². The van der Waals surface area contributed by atoms with Crippen molar-refractivity contribution in [2.75, 3.05) is 11.0 Å². The highest BCUT2D eigenvalue weighted by Gasteiger charge is 2.10. The number of sulfonamides is 1. The standard InChI is InChI=1S/C13H10BrN3O2S2/c1-21(18,19)17-9-4-2-3-8(5-9)10-7-20-11-6-15-13(14)16-12(10)11/h2-7,17H,1H3. The molecule has 0 bridgehead atoms. The fourth-order valence-corrected chi connectivity index (χ4v) is 3.68. The minimum Gasteiger partial charge on any atom is -0.284 e. The molecule has 0 aliphatic heterocycles. The van der Waals surface area contributed by atoms with E-state index in [9.17, 15) is 8.42 Å². The summed E-state index contributed by atoms with van der Waals surface area (Å²) in [5, 5.41) is 1.99. The summed E-state index contributed by atoms with van der Waals surface area (Å²) in [7, 11) is -3.29. The molecule has 1 N–H and O–H groups in total. The topological polar surface area (TPSA) is 72.0 Å². The van der Waals surface area contributed by atoms with Gasteiger partial charge in [0.05, 0.1) is 16.5 Å². The molecule has 3 aromatic rings. The lowest BCUT2D eigenvalue weighted by Crippen LogP contribution is -2.09. The predicted octanol–water partition coefficient (Wildman–Crippen LogP) is 3.49. The Kier molecular flexibility index (Phi) is 3.68. The van der Waals surface area contributed by atoms with E-state index in [0.717, 1.165) is 27.6 Å². The third-order valence-corrected chi connectivity index (χ3v) is 4.66. The molecule has 3 rings (SSSR count). The Balaban J connectivity index is 2.10. The summed E-state index contributed by atoms with van der Waals surface area (Å²) in [4.78, 5) is 8.50. The van der Waals surface area contributed by atoms with E-state index in [1.54, 1.807) is 29.7 Å². The first-order chi connectivity index (χ1) is 9.92. The first kappa shape index (κ1) is 14.4. The van der Waals surface area contributed by atoms with Crippen LogP contribution in [0.3, 0.4) is 0 Å². The molecule has 0 radical (unpaired) electrons. The Bertz CT molecular complexity index is 922. The van der Waals surface area contributed by atoms with Crippen molar-refractivity contribution in [3.8, 4) is 11.1 Å². The van der Waals surface area contributed by atoms with Crippen molar-refractivity contribution < 1.29 is 8.42 Å². The molecule has 1 aromatic carbocycles. The highest BCUT2D eigenvalue weighted by molar-refractivity contribution is 9.10. The third-order valence-electron chi connectivity index (χ3n) is 2.76. The molecule has 0 aliphatic rings. The number of halogens is 1. The van der Waals surface area contributed by atoms with Gasteiger partial charge in [-0.1, -0.05) is 12.1 Å². The summed E-state index contributed by atoms with van der Waals surface area (Å²) in [5.41, 5.74) is 3.23. The van der Waals surface area contributed by atoms with Crippen LogP contribution in [0, 0.1) is 0 Å². The maximum absolute atomic E-state index is 11.3. The van der Waals surface area contributed by atoms with Gasteiger partial charge in [-0.05, 0) is 33.6 Å². The fourth-order valence-electron chi connectivity index (χ4n) is 1.98. The SMILES string of the molecule is CS(=O)(=O)Nc1cccc(-c2csc3cnc(Br)nc23)c1. The van der Waals surface area contributed by atoms with E-state index >= 15 is 0 Å². The van der Waals surface area contributed by atoms with E-state index in [4.69, 9.17) is 0 Å². The molecule has 108 valence electrons. The fraction of sp³-hybridized carbons (Fsp3) is 0.0769. The highest BCUT2D eigenvalue weighted by atomic mass is 79.9. The number of hydrogen-bond donors (Lipinski definition) is 1. The summed E-state index contributed by atoms with van der Waals surface area (Å²) in [6.45, 7) is 0. The van der Waals surface area contributed by atoms with Crippen LogP contribution in [0.15, 0.2) is 40.6 Å². The minimum absolute atomic E-state index is 0.528. The molecule has 0 unspecified atom stereocenters. The van der Waals surface area contributed by atoms with Crippen LogP contribution < -0.4 is 4.72 Å². The number of anilines is 1. The second-order valence-electron chi connectivity index (χ2n) is 4.46. The molecule has 0 atom stereocenters. The van der Waals surface area contributed by atoms with Crippen molar-refractivity contribution in [3.05, 3.63) is 40.6 Å². The molecule has 0 amide bonds. The Morgan fingerprint density at radius 2 is 2.14 bits per heavy atom. The van der Waals surface area contributed by atoms with Crippen molar-refractivity contribution >= 4 is 53.2 Å². The minimum atomic E-state index is -3.29. The van der Waals surface area contributed by atoms with Crippen LogP contribution in [0.4, 0.5) is 5.69 Å². The van der Waals surface area contributed by atoms with Crippen LogP contribution in [-0.2, 0) is 10.0 Å². The molecule has 8 heteroatoms. The van der Waals surface area contributed by atoms with Gasteiger partial charge in [-0.3, -0.25) is 4.72 Å². The second kappa shape index (κ2) is 5.36. The molecule has 2 heterocycles. The molecular weight excluding hydrogens is 374 g/mol. The summed E-state index contributed by atoms with van der Waals surface area (Å²) in [6, 6.07) is 7.23. The van der Waals surface area contributed by atoms with Crippen molar-refractivity contribution in [2.45, 2.75) is 0 Å². The zero-order chi connectivity index (χ0) is 15.0. The van der Waals surface area contributed by atoms with Gasteiger partial charge in [0.1, 0.15) is 0 Å². The number of benzene rings is 1. The summed E-state index contributed by atoms with van der Waals surface area (Å²) in [6.07, 6.45) is 2.89. The maximum atomic E-state index is 11.3. The summed E-state index contributed by atoms with van der Waals surface area (Å²) >= 11 is 4.82. The van der Waals surface area contributed by atoms with E-state index in [0.29, 0.717) is 10.4 Å². The van der Waals surface area contributed by atoms with E-state index in [1.807, 2.05) is 17.5 Å². The van der Waals surface area contributed by atoms with Crippen molar-refractivity contribution in [1.29, 1.82) is 0 Å². The first-order valence-electron chi connectivity index (χ1n) is 5.90. The normalized spacial score (nSPS) is 11.7. The lowest BCUT2D eigenvalue weighted by atomic mass is 10.1. The van der Waals surface area contributed by atoms with Gasteiger partial charge in [0.15, 0.2) is 4.73 Å². The molecule has 0 fully saturated rings. The maximum Gasteiger partial charge on any atom is 0.229 e. The van der Waals surface area contributed by atoms with Crippen LogP contribution in [0.2, 0.25) is 0 Å². The van der Waals surface area contributed by atoms with Gasteiger partial charge in [-0.2, -0.15) is 0 Å². The van der Waals surface area contributed by atoms with Crippen LogP contribution >= 0.6 is 27.3 Å². The number of nitrogens with one attached hydrogen (secondary N) is 1. The van der Waals surface area contributed by atoms with E-state index in [-0.39, 0.29) is 0 Å². The van der Waals surface area contributed by atoms with Gasteiger partial charge in [0, 0.05) is 22.8 Å². The van der Waals surface area contributed by atoms with Gasteiger partial charge in [0.25, 0.3) is 0 Å². The molecule has 5 nitrogen and oxygen atoms in total. The third kappa shape index (κ3) is 3.22. The summed E-state index contributed by atoms with van der Waals surface area (Å²) < 4.78 is 26.6. The summed E-state index contributed by atoms with van der Waals surface area (Å²) in [5.74, 6) is 0. The Morgan fingerprint density at radius 3 is 2.90 bits per heavy atom. The zero-order valence-electron chi connectivity index (χ0n) is 10.9. The average Bonchev–Trinajstić information content (AvgIpc) is 2.80. The molecule has 0 spiro atoms. The van der Waals surface area contributed by atoms with E-state index in [1.165, 1.54) is 0 Å². The second-order valence-corrected chi connectivity index (χ2v) is 7.83. The molecule has 21 heavy (non-hydrogen) atoms. The van der Waals surface area contributed by atoms with E-state index < -0.39 is 10.0 Å². The number of hydrogen-bond acceptors (Lipinski definition) is 5. The number of rotatable bonds is 3. The number of thiophene rings is 1. The molecule has 0 saturated heterocycles. The number of nitrogens with zero attached hydrogens (tertiary/aromatic N) is 2. The average molecular weight is 384 g/mol. The van der Waals surface area contributed by atoms with Gasteiger partial charge >= 0.3 is 0 Å². The van der Waals surface area contributed by atoms with Gasteiger partial charge in [-0.15, -0.1) is 11.3 Å². The zero-order valence-corrected chi connectivity index (χ0v) is 14.1. The van der Waals surface area contributed by atoms with E-state index in [2.05, 4.69) is 30.6 Å². The lowest BCUT2D eigenvalue weighted by molar-refractivity contribution is 0.607. The quantitative estimate of drug-likeness (QED) is 0.702. The lowest BCUT2D eigenvalue weighted by Gasteiger charge is -2.06. The molecule has 0 saturated carbocycles.